The molecule has 1 aromatic heterocycles. The molecule has 0 aromatic carbocycles. The average Bonchev–Trinajstić information content (AvgIpc) is 2.41. The summed E-state index contributed by atoms with van der Waals surface area (Å²) >= 11 is 0. The summed E-state index contributed by atoms with van der Waals surface area (Å²) in [6.07, 6.45) is 6.50. The molecule has 0 saturated heterocycles. The van der Waals surface area contributed by atoms with Crippen LogP contribution in [0.15, 0.2) is 16.7 Å². The molecule has 0 saturated carbocycles. The van der Waals surface area contributed by atoms with Crippen molar-refractivity contribution in [2.24, 2.45) is 0 Å². The molecule has 0 aliphatic rings. The Morgan fingerprint density at radius 2 is 2.40 bits per heavy atom. The smallest absolute Gasteiger partial charge is 0.111 e. The molecule has 0 bridgehead atoms. The largest absolute Gasteiger partial charge is 0.469 e. The minimum atomic E-state index is 0.994. The van der Waals surface area contributed by atoms with E-state index in [4.69, 9.17) is 4.42 Å². The van der Waals surface area contributed by atoms with E-state index in [1.54, 1.807) is 6.26 Å². The van der Waals surface area contributed by atoms with Crippen LogP contribution in [0.25, 0.3) is 0 Å². The lowest BCUT2D eigenvalue weighted by Crippen LogP contribution is -1.80. The van der Waals surface area contributed by atoms with E-state index < -0.39 is 0 Å². The van der Waals surface area contributed by atoms with Gasteiger partial charge in [0.2, 0.25) is 0 Å². The van der Waals surface area contributed by atoms with E-state index >= 15 is 0 Å². The van der Waals surface area contributed by atoms with E-state index in [0.717, 1.165) is 12.2 Å². The van der Waals surface area contributed by atoms with Crippen LogP contribution in [0.3, 0.4) is 0 Å². The molecule has 0 spiro atoms. The summed E-state index contributed by atoms with van der Waals surface area (Å²) in [5, 5.41) is 0. The van der Waals surface area contributed by atoms with Crippen LogP contribution >= 0.6 is 0 Å². The van der Waals surface area contributed by atoms with E-state index in [1.807, 2.05) is 6.07 Å². The van der Waals surface area contributed by atoms with E-state index in [1.165, 1.54) is 19.3 Å². The molecule has 0 N–H and O–H groups in total. The second kappa shape index (κ2) is 4.15. The van der Waals surface area contributed by atoms with Crippen molar-refractivity contribution in [3.8, 4) is 0 Å². The third kappa shape index (κ3) is 2.26. The van der Waals surface area contributed by atoms with Crippen LogP contribution in [0.5, 0.6) is 0 Å². The first-order chi connectivity index (χ1) is 4.93. The van der Waals surface area contributed by atoms with E-state index in [9.17, 15) is 0 Å². The molecule has 1 nitrogen and oxygen atoms in total. The second-order valence-electron chi connectivity index (χ2n) is 2.45. The summed E-state index contributed by atoms with van der Waals surface area (Å²) in [6, 6.07) is 4.85. The highest BCUT2D eigenvalue weighted by Crippen LogP contribution is 2.05. The van der Waals surface area contributed by atoms with Gasteiger partial charge in [0.25, 0.3) is 0 Å². The fourth-order valence-corrected chi connectivity index (χ4v) is 0.944. The van der Waals surface area contributed by atoms with Gasteiger partial charge in [-0.05, 0) is 12.5 Å². The quantitative estimate of drug-likeness (QED) is 0.581. The van der Waals surface area contributed by atoms with Crippen LogP contribution in [0.1, 0.15) is 31.9 Å². The topological polar surface area (TPSA) is 13.1 Å². The standard InChI is InChI=1S/C9H13O/c1-2-3-4-6-9-7-5-8-10-9/h5,8H,2-4,6H2,1H3. The van der Waals surface area contributed by atoms with Gasteiger partial charge in [0, 0.05) is 12.5 Å². The molecule has 1 radical (unpaired) electrons. The van der Waals surface area contributed by atoms with Gasteiger partial charge in [-0.25, -0.2) is 0 Å². The highest BCUT2D eigenvalue weighted by atomic mass is 16.3. The van der Waals surface area contributed by atoms with Crippen molar-refractivity contribution in [1.29, 1.82) is 0 Å². The molecule has 0 fully saturated rings. The number of furan rings is 1. The summed E-state index contributed by atoms with van der Waals surface area (Å²) < 4.78 is 5.12. The van der Waals surface area contributed by atoms with Crippen LogP contribution in [-0.4, -0.2) is 0 Å². The van der Waals surface area contributed by atoms with Crippen LogP contribution in [0, 0.1) is 6.07 Å². The Kier molecular flexibility index (Phi) is 3.07. The first-order valence-corrected chi connectivity index (χ1v) is 3.87. The van der Waals surface area contributed by atoms with Crippen LogP contribution in [0.2, 0.25) is 0 Å². The Hall–Kier alpha value is -0.720. The third-order valence-electron chi connectivity index (χ3n) is 1.53. The molecule has 1 rings (SSSR count). The van der Waals surface area contributed by atoms with Crippen LogP contribution in [-0.2, 0) is 6.42 Å². The van der Waals surface area contributed by atoms with E-state index in [-0.39, 0.29) is 0 Å². The number of rotatable bonds is 4. The molecule has 10 heavy (non-hydrogen) atoms. The molecule has 1 heterocycles. The zero-order valence-corrected chi connectivity index (χ0v) is 6.39. The fraction of sp³-hybridized carbons (Fsp3) is 0.556. The molecular formula is C9H13O. The van der Waals surface area contributed by atoms with Crippen molar-refractivity contribution in [3.05, 3.63) is 24.2 Å². The van der Waals surface area contributed by atoms with Gasteiger partial charge < -0.3 is 4.42 Å². The van der Waals surface area contributed by atoms with Crippen molar-refractivity contribution >= 4 is 0 Å². The minimum absolute atomic E-state index is 0.994. The normalized spacial score (nSPS) is 10.1. The lowest BCUT2D eigenvalue weighted by molar-refractivity contribution is 0.496. The Balaban J connectivity index is 2.15. The van der Waals surface area contributed by atoms with Crippen molar-refractivity contribution in [1.82, 2.24) is 0 Å². The van der Waals surface area contributed by atoms with Gasteiger partial charge >= 0.3 is 0 Å². The maximum Gasteiger partial charge on any atom is 0.111 e. The van der Waals surface area contributed by atoms with Gasteiger partial charge in [-0.2, -0.15) is 0 Å². The predicted octanol–water partition coefficient (Wildman–Crippen LogP) is 2.81. The number of hydrogen-bond acceptors (Lipinski definition) is 1. The summed E-state index contributed by atoms with van der Waals surface area (Å²) in [7, 11) is 0. The Morgan fingerprint density at radius 3 is 3.00 bits per heavy atom. The van der Waals surface area contributed by atoms with Gasteiger partial charge in [-0.15, -0.1) is 0 Å². The second-order valence-corrected chi connectivity index (χ2v) is 2.45. The lowest BCUT2D eigenvalue weighted by atomic mass is 10.2. The highest BCUT2D eigenvalue weighted by Gasteiger charge is 1.93. The maximum absolute atomic E-state index is 5.12. The SMILES string of the molecule is CCCCCc1[c]cco1. The van der Waals surface area contributed by atoms with Crippen LogP contribution < -0.4 is 0 Å². The van der Waals surface area contributed by atoms with Gasteiger partial charge in [0.05, 0.1) is 6.26 Å². The first-order valence-electron chi connectivity index (χ1n) is 3.87. The summed E-state index contributed by atoms with van der Waals surface area (Å²) in [6.45, 7) is 2.20. The van der Waals surface area contributed by atoms with Crippen molar-refractivity contribution in [2.75, 3.05) is 0 Å². The number of unbranched alkanes of at least 4 members (excludes halogenated alkanes) is 2. The molecule has 0 aliphatic carbocycles. The molecule has 1 heteroatoms. The summed E-state index contributed by atoms with van der Waals surface area (Å²) in [5.74, 6) is 0.994. The van der Waals surface area contributed by atoms with Crippen molar-refractivity contribution in [3.63, 3.8) is 0 Å². The van der Waals surface area contributed by atoms with Gasteiger partial charge in [0.15, 0.2) is 0 Å². The molecule has 0 atom stereocenters. The van der Waals surface area contributed by atoms with Crippen LogP contribution in [0.4, 0.5) is 0 Å². The maximum atomic E-state index is 5.12. The average molecular weight is 137 g/mol. The summed E-state index contributed by atoms with van der Waals surface area (Å²) in [4.78, 5) is 0. The Morgan fingerprint density at radius 1 is 1.50 bits per heavy atom. The van der Waals surface area contributed by atoms with E-state index in [2.05, 4.69) is 13.0 Å². The summed E-state index contributed by atoms with van der Waals surface area (Å²) in [5.41, 5.74) is 0. The Labute approximate surface area is 62.1 Å². The predicted molar refractivity (Wildman–Crippen MR) is 40.8 cm³/mol. The zero-order valence-electron chi connectivity index (χ0n) is 6.39. The fourth-order valence-electron chi connectivity index (χ4n) is 0.944. The van der Waals surface area contributed by atoms with E-state index in [0.29, 0.717) is 0 Å². The monoisotopic (exact) mass is 137 g/mol. The third-order valence-corrected chi connectivity index (χ3v) is 1.53. The molecule has 0 unspecified atom stereocenters. The molecular weight excluding hydrogens is 124 g/mol. The van der Waals surface area contributed by atoms with Gasteiger partial charge in [-0.1, -0.05) is 19.8 Å². The number of aryl methyl sites for hydroxylation is 1. The lowest BCUT2D eigenvalue weighted by Gasteiger charge is -1.92. The number of hydrogen-bond donors (Lipinski definition) is 0. The first kappa shape index (κ1) is 7.39. The zero-order chi connectivity index (χ0) is 7.23. The molecule has 55 valence electrons. The minimum Gasteiger partial charge on any atom is -0.469 e. The van der Waals surface area contributed by atoms with Gasteiger partial charge in [0.1, 0.15) is 5.76 Å². The highest BCUT2D eigenvalue weighted by molar-refractivity contribution is 4.95. The van der Waals surface area contributed by atoms with Crippen molar-refractivity contribution < 1.29 is 4.42 Å². The molecule has 1 aromatic rings. The molecule has 0 aliphatic heterocycles. The molecule has 0 amide bonds. The van der Waals surface area contributed by atoms with Crippen molar-refractivity contribution in [2.45, 2.75) is 32.6 Å². The van der Waals surface area contributed by atoms with Gasteiger partial charge in [-0.3, -0.25) is 0 Å². The Bertz CT molecular complexity index is 153.